The van der Waals surface area contributed by atoms with Crippen LogP contribution in [0.4, 0.5) is 0 Å². The van der Waals surface area contributed by atoms with Crippen LogP contribution in [0.3, 0.4) is 0 Å². The average molecular weight is 678 g/mol. The van der Waals surface area contributed by atoms with E-state index in [4.69, 9.17) is 5.73 Å². The Kier molecular flexibility index (Phi) is 43.1. The van der Waals surface area contributed by atoms with E-state index in [0.717, 1.165) is 50.8 Å². The topological polar surface area (TPSA) is 104 Å². The quantitative estimate of drug-likeness (QED) is 0.0773. The molecule has 1 aromatic carbocycles. The third-order valence-electron chi connectivity index (χ3n) is 8.20. The van der Waals surface area contributed by atoms with E-state index in [9.17, 15) is 14.7 Å². The fourth-order valence-corrected chi connectivity index (χ4v) is 4.83. The molecule has 0 aliphatic heterocycles. The zero-order valence-electron chi connectivity index (χ0n) is 33.3. The van der Waals surface area contributed by atoms with Crippen LogP contribution in [0.5, 0.6) is 5.75 Å². The number of nitrogens with two attached hydrogens (primary N) is 1. The van der Waals surface area contributed by atoms with E-state index >= 15 is 0 Å². The molecule has 0 aliphatic rings. The van der Waals surface area contributed by atoms with Gasteiger partial charge in [-0.05, 0) is 43.4 Å². The van der Waals surface area contributed by atoms with E-state index in [0.29, 0.717) is 6.42 Å². The summed E-state index contributed by atoms with van der Waals surface area (Å²) >= 11 is 0. The Bertz CT molecular complexity index is 777. The Balaban J connectivity index is -0.000000625. The van der Waals surface area contributed by atoms with Crippen LogP contribution in [0.1, 0.15) is 196 Å². The number of benzene rings is 1. The molecule has 0 radical (unpaired) electrons. The number of rotatable bonds is 25. The summed E-state index contributed by atoms with van der Waals surface area (Å²) in [4.78, 5) is 23.4. The summed E-state index contributed by atoms with van der Waals surface area (Å²) in [6.45, 7) is 19.0. The number of hydrogen-bond donors (Lipinski definition) is 4. The van der Waals surface area contributed by atoms with Crippen LogP contribution in [0, 0.1) is 5.92 Å². The van der Waals surface area contributed by atoms with Gasteiger partial charge in [-0.1, -0.05) is 183 Å². The smallest absolute Gasteiger partial charge is 0.236 e. The lowest BCUT2D eigenvalue weighted by Gasteiger charge is -2.12. The molecule has 0 aliphatic carbocycles. The standard InChI is InChI=1S/C16H25NO2.C13H28N2O.C7H16.C6H14/c1-3-4-5-6-11-17-16(19)13(2)12-14-7-9-15(18)10-8-14;1-3-5-7-9-11-15-13(16)12(14)10-8-6-4-2;1-3-5-7-6-4-2;1-3-5-6-4-2/h7-10,13,18H,3-6,11-12H2,1-2H3,(H,17,19);12H,3-11,14H2,1-2H3,(H,15,16);3-7H2,1-2H3;3-6H2,1-2H3. The first-order valence-corrected chi connectivity index (χ1v) is 20.3. The van der Waals surface area contributed by atoms with Crippen LogP contribution in [0.2, 0.25) is 0 Å². The lowest BCUT2D eigenvalue weighted by molar-refractivity contribution is -0.124. The van der Waals surface area contributed by atoms with Crippen molar-refractivity contribution in [3.63, 3.8) is 0 Å². The second kappa shape index (κ2) is 41.1. The van der Waals surface area contributed by atoms with E-state index in [2.05, 4.69) is 59.1 Å². The molecule has 0 saturated heterocycles. The molecule has 2 atom stereocenters. The van der Waals surface area contributed by atoms with Crippen LogP contribution >= 0.6 is 0 Å². The largest absolute Gasteiger partial charge is 0.508 e. The zero-order valence-corrected chi connectivity index (χ0v) is 33.3. The van der Waals surface area contributed by atoms with Crippen molar-refractivity contribution in [2.75, 3.05) is 13.1 Å². The highest BCUT2D eigenvalue weighted by Crippen LogP contribution is 2.14. The van der Waals surface area contributed by atoms with Crippen molar-refractivity contribution in [1.29, 1.82) is 0 Å². The molecular weight excluding hydrogens is 594 g/mol. The third-order valence-corrected chi connectivity index (χ3v) is 8.20. The summed E-state index contributed by atoms with van der Waals surface area (Å²) in [5.74, 6) is 0.365. The first-order valence-electron chi connectivity index (χ1n) is 20.3. The van der Waals surface area contributed by atoms with Crippen LogP contribution in [0.25, 0.3) is 0 Å². The van der Waals surface area contributed by atoms with Crippen molar-refractivity contribution < 1.29 is 14.7 Å². The minimum absolute atomic E-state index is 0.0209. The highest BCUT2D eigenvalue weighted by atomic mass is 16.3. The minimum Gasteiger partial charge on any atom is -0.508 e. The van der Waals surface area contributed by atoms with Crippen LogP contribution < -0.4 is 16.4 Å². The van der Waals surface area contributed by atoms with E-state index in [-0.39, 0.29) is 29.5 Å². The van der Waals surface area contributed by atoms with E-state index in [1.165, 1.54) is 103 Å². The van der Waals surface area contributed by atoms with Crippen LogP contribution in [-0.4, -0.2) is 36.1 Å². The lowest BCUT2D eigenvalue weighted by Crippen LogP contribution is -2.40. The molecule has 0 saturated carbocycles. The molecule has 6 heteroatoms. The lowest BCUT2D eigenvalue weighted by atomic mass is 10.0. The van der Waals surface area contributed by atoms with Gasteiger partial charge in [0.15, 0.2) is 0 Å². The van der Waals surface area contributed by atoms with Gasteiger partial charge in [-0.15, -0.1) is 0 Å². The number of carbonyl (C=O) groups is 2. The number of phenols is 1. The molecule has 2 unspecified atom stereocenters. The van der Waals surface area contributed by atoms with E-state index in [1.54, 1.807) is 12.1 Å². The summed E-state index contributed by atoms with van der Waals surface area (Å²) in [5, 5.41) is 15.1. The molecule has 0 fully saturated rings. The van der Waals surface area contributed by atoms with Gasteiger partial charge < -0.3 is 21.5 Å². The van der Waals surface area contributed by atoms with Crippen molar-refractivity contribution in [2.45, 2.75) is 203 Å². The Labute approximate surface area is 299 Å². The molecule has 0 spiro atoms. The van der Waals surface area contributed by atoms with E-state index < -0.39 is 0 Å². The summed E-state index contributed by atoms with van der Waals surface area (Å²) in [6, 6.07) is 6.73. The molecule has 0 heterocycles. The Morgan fingerprint density at radius 2 is 0.917 bits per heavy atom. The second-order valence-corrected chi connectivity index (χ2v) is 13.3. The Morgan fingerprint density at radius 1 is 0.562 bits per heavy atom. The number of carbonyl (C=O) groups excluding carboxylic acids is 2. The van der Waals surface area contributed by atoms with Gasteiger partial charge in [0.2, 0.25) is 11.8 Å². The maximum atomic E-state index is 11.9. The summed E-state index contributed by atoms with van der Waals surface area (Å²) < 4.78 is 0. The van der Waals surface area contributed by atoms with Gasteiger partial charge >= 0.3 is 0 Å². The molecule has 0 bridgehead atoms. The maximum absolute atomic E-state index is 11.9. The van der Waals surface area contributed by atoms with Gasteiger partial charge in [0.05, 0.1) is 6.04 Å². The van der Waals surface area contributed by atoms with Crippen molar-refractivity contribution in [3.05, 3.63) is 29.8 Å². The summed E-state index contributed by atoms with van der Waals surface area (Å²) in [5.41, 5.74) is 6.86. The van der Waals surface area contributed by atoms with Gasteiger partial charge in [-0.2, -0.15) is 0 Å². The van der Waals surface area contributed by atoms with Gasteiger partial charge in [0, 0.05) is 19.0 Å². The summed E-state index contributed by atoms with van der Waals surface area (Å²) in [7, 11) is 0. The SMILES string of the molecule is CCCCCC.CCCCCCC.CCCCCCNC(=O)C(C)Cc1ccc(O)cc1.CCCCCCNC(=O)C(N)CCCCC. The summed E-state index contributed by atoms with van der Waals surface area (Å²) in [6.07, 6.45) is 26.9. The van der Waals surface area contributed by atoms with Crippen molar-refractivity contribution in [1.82, 2.24) is 10.6 Å². The van der Waals surface area contributed by atoms with Crippen molar-refractivity contribution in [2.24, 2.45) is 11.7 Å². The van der Waals surface area contributed by atoms with Gasteiger partial charge in [-0.25, -0.2) is 0 Å². The predicted octanol–water partition coefficient (Wildman–Crippen LogP) is 11.4. The number of unbranched alkanes of at least 4 members (excludes halogenated alkanes) is 15. The molecular formula is C42H83N3O3. The molecule has 2 amide bonds. The number of amides is 2. The predicted molar refractivity (Wildman–Crippen MR) is 212 cm³/mol. The number of aromatic hydroxyl groups is 1. The van der Waals surface area contributed by atoms with E-state index in [1.807, 2.05) is 19.1 Å². The normalized spacial score (nSPS) is 11.4. The minimum atomic E-state index is -0.308. The first kappa shape index (κ1) is 50.3. The fourth-order valence-electron chi connectivity index (χ4n) is 4.83. The van der Waals surface area contributed by atoms with Crippen molar-refractivity contribution >= 4 is 11.8 Å². The highest BCUT2D eigenvalue weighted by molar-refractivity contribution is 5.81. The zero-order chi connectivity index (χ0) is 36.7. The molecule has 0 aromatic heterocycles. The van der Waals surface area contributed by atoms with Crippen LogP contribution in [0.15, 0.2) is 24.3 Å². The molecule has 48 heavy (non-hydrogen) atoms. The fraction of sp³-hybridized carbons (Fsp3) is 0.810. The molecule has 1 aromatic rings. The second-order valence-electron chi connectivity index (χ2n) is 13.3. The van der Waals surface area contributed by atoms with Gasteiger partial charge in [0.25, 0.3) is 0 Å². The van der Waals surface area contributed by atoms with Gasteiger partial charge in [-0.3, -0.25) is 9.59 Å². The molecule has 6 nitrogen and oxygen atoms in total. The molecule has 284 valence electrons. The average Bonchev–Trinajstić information content (AvgIpc) is 3.09. The monoisotopic (exact) mass is 678 g/mol. The van der Waals surface area contributed by atoms with Crippen LogP contribution in [-0.2, 0) is 16.0 Å². The maximum Gasteiger partial charge on any atom is 0.236 e. The third kappa shape index (κ3) is 38.4. The number of phenolic OH excluding ortho intramolecular Hbond substituents is 1. The number of nitrogens with one attached hydrogen (secondary N) is 2. The molecule has 5 N–H and O–H groups in total. The van der Waals surface area contributed by atoms with Gasteiger partial charge in [0.1, 0.15) is 5.75 Å². The van der Waals surface area contributed by atoms with Crippen molar-refractivity contribution in [3.8, 4) is 5.75 Å². The Morgan fingerprint density at radius 3 is 1.33 bits per heavy atom. The molecule has 1 rings (SSSR count). The Hall–Kier alpha value is -2.08. The first-order chi connectivity index (χ1) is 23.2. The number of hydrogen-bond acceptors (Lipinski definition) is 4. The highest BCUT2D eigenvalue weighted by Gasteiger charge is 2.13.